The molecule has 0 bridgehead atoms. The van der Waals surface area contributed by atoms with Crippen molar-refractivity contribution < 1.29 is 13.2 Å². The molecule has 0 amide bonds. The van der Waals surface area contributed by atoms with E-state index in [2.05, 4.69) is 10.0 Å². The molecule has 1 aliphatic heterocycles. The van der Waals surface area contributed by atoms with Crippen molar-refractivity contribution in [1.82, 2.24) is 10.0 Å². The molecule has 3 rings (SSSR count). The van der Waals surface area contributed by atoms with E-state index in [-0.39, 0.29) is 18.4 Å². The lowest BCUT2D eigenvalue weighted by Gasteiger charge is -2.21. The summed E-state index contributed by atoms with van der Waals surface area (Å²) in [6, 6.07) is 6.75. The monoisotopic (exact) mass is 374 g/mol. The highest BCUT2D eigenvalue weighted by Crippen LogP contribution is 2.25. The second-order valence-electron chi connectivity index (χ2n) is 6.60. The number of hydrogen-bond acceptors (Lipinski definition) is 4. The number of benzene rings is 1. The maximum atomic E-state index is 12.3. The SMILES string of the molecule is Cl.O=S(=O)(NC1CCNC1)c1ccc(OCC2CCCCC2)cc1. The van der Waals surface area contributed by atoms with Crippen LogP contribution in [0.1, 0.15) is 38.5 Å². The first kappa shape index (κ1) is 19.5. The van der Waals surface area contributed by atoms with Crippen LogP contribution in [0.5, 0.6) is 5.75 Å². The molecular formula is C17H27ClN2O3S. The molecule has 1 atom stereocenters. The van der Waals surface area contributed by atoms with E-state index >= 15 is 0 Å². The van der Waals surface area contributed by atoms with Gasteiger partial charge in [-0.25, -0.2) is 13.1 Å². The fraction of sp³-hybridized carbons (Fsp3) is 0.647. The quantitative estimate of drug-likeness (QED) is 0.803. The lowest BCUT2D eigenvalue weighted by atomic mass is 9.90. The summed E-state index contributed by atoms with van der Waals surface area (Å²) in [5.41, 5.74) is 0. The van der Waals surface area contributed by atoms with Crippen molar-refractivity contribution in [2.75, 3.05) is 19.7 Å². The summed E-state index contributed by atoms with van der Waals surface area (Å²) in [5.74, 6) is 1.39. The molecule has 0 spiro atoms. The summed E-state index contributed by atoms with van der Waals surface area (Å²) >= 11 is 0. The molecule has 2 aliphatic rings. The first-order chi connectivity index (χ1) is 11.1. The van der Waals surface area contributed by atoms with Gasteiger partial charge < -0.3 is 10.1 Å². The second kappa shape index (κ2) is 9.04. The summed E-state index contributed by atoms with van der Waals surface area (Å²) in [4.78, 5) is 0.300. The Morgan fingerprint density at radius 1 is 1.08 bits per heavy atom. The average molecular weight is 375 g/mol. The summed E-state index contributed by atoms with van der Waals surface area (Å²) in [6.07, 6.45) is 7.26. The largest absolute Gasteiger partial charge is 0.493 e. The Bertz CT molecular complexity index is 595. The van der Waals surface area contributed by atoms with Crippen molar-refractivity contribution in [2.24, 2.45) is 5.92 Å². The molecule has 1 unspecified atom stereocenters. The maximum Gasteiger partial charge on any atom is 0.240 e. The maximum absolute atomic E-state index is 12.3. The molecule has 5 nitrogen and oxygen atoms in total. The van der Waals surface area contributed by atoms with E-state index in [0.29, 0.717) is 17.4 Å². The van der Waals surface area contributed by atoms with E-state index in [0.717, 1.165) is 25.3 Å². The molecule has 1 aliphatic carbocycles. The van der Waals surface area contributed by atoms with Crippen LogP contribution in [0.3, 0.4) is 0 Å². The number of sulfonamides is 1. The van der Waals surface area contributed by atoms with Crippen molar-refractivity contribution >= 4 is 22.4 Å². The van der Waals surface area contributed by atoms with Gasteiger partial charge in [0.1, 0.15) is 5.75 Å². The van der Waals surface area contributed by atoms with Gasteiger partial charge in [0.2, 0.25) is 10.0 Å². The van der Waals surface area contributed by atoms with E-state index < -0.39 is 10.0 Å². The Kier molecular flexibility index (Phi) is 7.34. The summed E-state index contributed by atoms with van der Waals surface area (Å²) in [5, 5.41) is 3.16. The van der Waals surface area contributed by atoms with Crippen LogP contribution in [0, 0.1) is 5.92 Å². The van der Waals surface area contributed by atoms with E-state index in [1.807, 2.05) is 0 Å². The number of nitrogens with one attached hydrogen (secondary N) is 2. The van der Waals surface area contributed by atoms with E-state index in [1.54, 1.807) is 24.3 Å². The average Bonchev–Trinajstić information content (AvgIpc) is 3.06. The summed E-state index contributed by atoms with van der Waals surface area (Å²) in [7, 11) is -3.44. The Balaban J connectivity index is 0.00000208. The molecule has 0 aromatic heterocycles. The van der Waals surface area contributed by atoms with Crippen LogP contribution in [-0.4, -0.2) is 34.2 Å². The van der Waals surface area contributed by atoms with Gasteiger partial charge in [-0.3, -0.25) is 0 Å². The first-order valence-electron chi connectivity index (χ1n) is 8.59. The molecule has 1 aromatic carbocycles. The van der Waals surface area contributed by atoms with Crippen LogP contribution in [0.2, 0.25) is 0 Å². The topological polar surface area (TPSA) is 67.4 Å². The predicted octanol–water partition coefficient (Wildman–Crippen LogP) is 2.71. The van der Waals surface area contributed by atoms with Gasteiger partial charge in [-0.05, 0) is 56.0 Å². The van der Waals surface area contributed by atoms with E-state index in [1.165, 1.54) is 32.1 Å². The van der Waals surface area contributed by atoms with Crippen LogP contribution in [0.25, 0.3) is 0 Å². The normalized spacial score (nSPS) is 22.1. The minimum Gasteiger partial charge on any atom is -0.493 e. The van der Waals surface area contributed by atoms with Crippen LogP contribution >= 0.6 is 12.4 Å². The van der Waals surface area contributed by atoms with E-state index in [9.17, 15) is 8.42 Å². The molecule has 1 saturated heterocycles. The Hall–Kier alpha value is -0.820. The molecule has 1 saturated carbocycles. The minimum atomic E-state index is -3.44. The molecule has 2 fully saturated rings. The van der Waals surface area contributed by atoms with Crippen molar-refractivity contribution in [3.05, 3.63) is 24.3 Å². The zero-order chi connectivity index (χ0) is 16.1. The molecule has 7 heteroatoms. The highest BCUT2D eigenvalue weighted by Gasteiger charge is 2.22. The molecular weight excluding hydrogens is 348 g/mol. The van der Waals surface area contributed by atoms with Gasteiger partial charge in [-0.1, -0.05) is 19.3 Å². The fourth-order valence-corrected chi connectivity index (χ4v) is 4.60. The van der Waals surface area contributed by atoms with Crippen molar-refractivity contribution in [3.8, 4) is 5.75 Å². The molecule has 0 radical (unpaired) electrons. The highest BCUT2D eigenvalue weighted by atomic mass is 35.5. The third-order valence-electron chi connectivity index (χ3n) is 4.73. The van der Waals surface area contributed by atoms with Crippen LogP contribution in [0.4, 0.5) is 0 Å². The lowest BCUT2D eigenvalue weighted by Crippen LogP contribution is -2.36. The predicted molar refractivity (Wildman–Crippen MR) is 97.4 cm³/mol. The lowest BCUT2D eigenvalue weighted by molar-refractivity contribution is 0.209. The number of ether oxygens (including phenoxy) is 1. The standard InChI is InChI=1S/C17H26N2O3S.ClH/c20-23(21,19-15-10-11-18-12-15)17-8-6-16(7-9-17)22-13-14-4-2-1-3-5-14;/h6-9,14-15,18-19H,1-5,10-13H2;1H. The van der Waals surface area contributed by atoms with Gasteiger partial charge in [-0.2, -0.15) is 0 Å². The van der Waals surface area contributed by atoms with Gasteiger partial charge in [0.25, 0.3) is 0 Å². The van der Waals surface area contributed by atoms with Gasteiger partial charge in [0, 0.05) is 12.6 Å². The van der Waals surface area contributed by atoms with E-state index in [4.69, 9.17) is 4.74 Å². The smallest absolute Gasteiger partial charge is 0.240 e. The zero-order valence-electron chi connectivity index (χ0n) is 13.9. The summed E-state index contributed by atoms with van der Waals surface area (Å²) < 4.78 is 33.2. The third kappa shape index (κ3) is 5.34. The van der Waals surface area contributed by atoms with Crippen LogP contribution in [0.15, 0.2) is 29.2 Å². The highest BCUT2D eigenvalue weighted by molar-refractivity contribution is 7.89. The van der Waals surface area contributed by atoms with Gasteiger partial charge in [0.15, 0.2) is 0 Å². The summed E-state index contributed by atoms with van der Waals surface area (Å²) in [6.45, 7) is 2.29. The van der Waals surface area contributed by atoms with Crippen LogP contribution < -0.4 is 14.8 Å². The number of halogens is 1. The Morgan fingerprint density at radius 2 is 1.79 bits per heavy atom. The molecule has 24 heavy (non-hydrogen) atoms. The van der Waals surface area contributed by atoms with Crippen molar-refractivity contribution in [1.29, 1.82) is 0 Å². The van der Waals surface area contributed by atoms with Crippen molar-refractivity contribution in [2.45, 2.75) is 49.5 Å². The van der Waals surface area contributed by atoms with Crippen LogP contribution in [-0.2, 0) is 10.0 Å². The first-order valence-corrected chi connectivity index (χ1v) is 10.1. The Morgan fingerprint density at radius 3 is 2.42 bits per heavy atom. The molecule has 136 valence electrons. The molecule has 1 aromatic rings. The molecule has 1 heterocycles. The second-order valence-corrected chi connectivity index (χ2v) is 8.31. The third-order valence-corrected chi connectivity index (χ3v) is 6.26. The molecule has 2 N–H and O–H groups in total. The minimum absolute atomic E-state index is 0. The van der Waals surface area contributed by atoms with Gasteiger partial charge in [-0.15, -0.1) is 12.4 Å². The fourth-order valence-electron chi connectivity index (χ4n) is 3.33. The number of hydrogen-bond donors (Lipinski definition) is 2. The Labute approximate surface area is 151 Å². The van der Waals surface area contributed by atoms with Gasteiger partial charge >= 0.3 is 0 Å². The zero-order valence-corrected chi connectivity index (χ0v) is 15.5. The number of rotatable bonds is 6. The van der Waals surface area contributed by atoms with Crippen molar-refractivity contribution in [3.63, 3.8) is 0 Å². The van der Waals surface area contributed by atoms with Gasteiger partial charge in [0.05, 0.1) is 11.5 Å².